The van der Waals surface area contributed by atoms with Crippen LogP contribution in [-0.4, -0.2) is 18.1 Å². The third-order valence-corrected chi connectivity index (χ3v) is 2.30. The molecule has 1 aromatic rings. The molecule has 0 spiro atoms. The summed E-state index contributed by atoms with van der Waals surface area (Å²) in [6, 6.07) is 3.88. The molecular formula is C12H19N3S. The fourth-order valence-corrected chi connectivity index (χ4v) is 1.58. The van der Waals surface area contributed by atoms with Crippen LogP contribution in [0.25, 0.3) is 0 Å². The smallest absolute Gasteiger partial charge is 0.0994 e. The number of pyridine rings is 1. The fraction of sp³-hybridized carbons (Fsp3) is 0.500. The SMILES string of the molecule is CC[NH2+]CC.Cc1cc(C)c(C#N)c([S-])n1. The summed E-state index contributed by atoms with van der Waals surface area (Å²) in [7, 11) is 0. The van der Waals surface area contributed by atoms with Crippen LogP contribution in [-0.2, 0) is 12.6 Å². The van der Waals surface area contributed by atoms with Crippen molar-refractivity contribution in [3.8, 4) is 6.07 Å². The Balaban J connectivity index is 0.000000385. The van der Waals surface area contributed by atoms with Crippen LogP contribution in [0.2, 0.25) is 0 Å². The van der Waals surface area contributed by atoms with E-state index in [2.05, 4.69) is 24.1 Å². The Labute approximate surface area is 103 Å². The number of aromatic nitrogens is 1. The molecule has 0 atom stereocenters. The molecule has 0 saturated carbocycles. The minimum absolute atomic E-state index is 0.407. The largest absolute Gasteiger partial charge is 0.759 e. The van der Waals surface area contributed by atoms with E-state index in [9.17, 15) is 0 Å². The van der Waals surface area contributed by atoms with Crippen molar-refractivity contribution in [1.29, 1.82) is 5.26 Å². The second kappa shape index (κ2) is 8.03. The highest BCUT2D eigenvalue weighted by Gasteiger charge is 1.97. The van der Waals surface area contributed by atoms with Gasteiger partial charge in [0.25, 0.3) is 0 Å². The summed E-state index contributed by atoms with van der Waals surface area (Å²) in [4.78, 5) is 4.00. The lowest BCUT2D eigenvalue weighted by molar-refractivity contribution is -0.648. The molecule has 88 valence electrons. The van der Waals surface area contributed by atoms with Crippen LogP contribution in [0.4, 0.5) is 0 Å². The van der Waals surface area contributed by atoms with E-state index in [0.717, 1.165) is 11.3 Å². The van der Waals surface area contributed by atoms with Crippen LogP contribution < -0.4 is 5.32 Å². The first-order valence-corrected chi connectivity index (χ1v) is 5.84. The molecule has 0 saturated heterocycles. The number of nitriles is 1. The molecule has 0 bridgehead atoms. The van der Waals surface area contributed by atoms with Crippen molar-refractivity contribution in [2.24, 2.45) is 0 Å². The maximum atomic E-state index is 8.63. The van der Waals surface area contributed by atoms with Crippen LogP contribution in [0.15, 0.2) is 11.1 Å². The Bertz CT molecular complexity index is 344. The van der Waals surface area contributed by atoms with Crippen molar-refractivity contribution >= 4 is 12.6 Å². The normalized spacial score (nSPS) is 8.94. The lowest BCUT2D eigenvalue weighted by atomic mass is 10.1. The van der Waals surface area contributed by atoms with Gasteiger partial charge in [0.2, 0.25) is 0 Å². The Morgan fingerprint density at radius 1 is 1.38 bits per heavy atom. The lowest BCUT2D eigenvalue weighted by Crippen LogP contribution is -2.82. The monoisotopic (exact) mass is 237 g/mol. The Morgan fingerprint density at radius 3 is 2.25 bits per heavy atom. The van der Waals surface area contributed by atoms with E-state index in [0.29, 0.717) is 10.6 Å². The summed E-state index contributed by atoms with van der Waals surface area (Å²) in [5.74, 6) is 0. The first-order valence-electron chi connectivity index (χ1n) is 5.43. The van der Waals surface area contributed by atoms with Gasteiger partial charge >= 0.3 is 0 Å². The molecule has 0 aromatic carbocycles. The van der Waals surface area contributed by atoms with Crippen LogP contribution in [0, 0.1) is 25.2 Å². The van der Waals surface area contributed by atoms with E-state index in [4.69, 9.17) is 17.9 Å². The van der Waals surface area contributed by atoms with Crippen molar-refractivity contribution in [3.63, 3.8) is 0 Å². The zero-order chi connectivity index (χ0) is 12.6. The van der Waals surface area contributed by atoms with Gasteiger partial charge in [0.1, 0.15) is 0 Å². The molecular weight excluding hydrogens is 218 g/mol. The standard InChI is InChI=1S/C8H8N2S.C4H11N/c1-5-3-6(2)10-8(11)7(5)4-9;1-3-5-4-2/h3H,1-2H3,(H,10,11);5H,3-4H2,1-2H3. The molecule has 1 rings (SSSR count). The number of quaternary nitrogens is 1. The molecule has 0 aliphatic carbocycles. The first kappa shape index (κ1) is 14.8. The summed E-state index contributed by atoms with van der Waals surface area (Å²) in [5, 5.41) is 11.3. The van der Waals surface area contributed by atoms with E-state index in [1.54, 1.807) is 0 Å². The summed E-state index contributed by atoms with van der Waals surface area (Å²) < 4.78 is 0. The van der Waals surface area contributed by atoms with Gasteiger partial charge in [-0.25, -0.2) is 0 Å². The van der Waals surface area contributed by atoms with Gasteiger partial charge in [-0.05, 0) is 39.3 Å². The van der Waals surface area contributed by atoms with Crippen molar-refractivity contribution < 1.29 is 5.32 Å². The van der Waals surface area contributed by atoms with Gasteiger partial charge in [-0.15, -0.1) is 0 Å². The molecule has 1 heterocycles. The van der Waals surface area contributed by atoms with Crippen molar-refractivity contribution in [3.05, 3.63) is 22.9 Å². The number of hydrogen-bond donors (Lipinski definition) is 1. The average molecular weight is 237 g/mol. The van der Waals surface area contributed by atoms with E-state index in [1.807, 2.05) is 26.0 Å². The highest BCUT2D eigenvalue weighted by Crippen LogP contribution is 2.11. The quantitative estimate of drug-likeness (QED) is 0.783. The summed E-state index contributed by atoms with van der Waals surface area (Å²) >= 11 is 4.89. The van der Waals surface area contributed by atoms with Gasteiger partial charge in [0, 0.05) is 5.69 Å². The summed E-state index contributed by atoms with van der Waals surface area (Å²) in [6.07, 6.45) is 0. The minimum Gasteiger partial charge on any atom is -0.759 e. The van der Waals surface area contributed by atoms with Crippen molar-refractivity contribution in [1.82, 2.24) is 4.98 Å². The van der Waals surface area contributed by atoms with E-state index < -0.39 is 0 Å². The number of nitrogens with zero attached hydrogens (tertiary/aromatic N) is 2. The predicted octanol–water partition coefficient (Wildman–Crippen LogP) is 1.07. The second-order valence-corrected chi connectivity index (χ2v) is 3.86. The van der Waals surface area contributed by atoms with E-state index >= 15 is 0 Å². The van der Waals surface area contributed by atoms with Gasteiger partial charge in [-0.1, -0.05) is 5.03 Å². The molecule has 3 nitrogen and oxygen atoms in total. The number of aryl methyl sites for hydroxylation is 2. The third kappa shape index (κ3) is 5.06. The van der Waals surface area contributed by atoms with Crippen LogP contribution in [0.3, 0.4) is 0 Å². The fourth-order valence-electron chi connectivity index (χ4n) is 1.23. The third-order valence-electron chi connectivity index (χ3n) is 2.00. The maximum Gasteiger partial charge on any atom is 0.0994 e. The van der Waals surface area contributed by atoms with Gasteiger partial charge in [0.05, 0.1) is 24.7 Å². The predicted molar refractivity (Wildman–Crippen MR) is 67.1 cm³/mol. The molecule has 2 N–H and O–H groups in total. The van der Waals surface area contributed by atoms with E-state index in [-0.39, 0.29) is 0 Å². The Morgan fingerprint density at radius 2 is 1.94 bits per heavy atom. The molecule has 16 heavy (non-hydrogen) atoms. The summed E-state index contributed by atoms with van der Waals surface area (Å²) in [5.41, 5.74) is 2.29. The summed E-state index contributed by atoms with van der Waals surface area (Å²) in [6.45, 7) is 10.5. The van der Waals surface area contributed by atoms with Gasteiger partial charge in [0.15, 0.2) is 0 Å². The number of nitrogens with two attached hydrogens (primary N) is 1. The zero-order valence-electron chi connectivity index (χ0n) is 10.4. The molecule has 0 aliphatic rings. The van der Waals surface area contributed by atoms with Gasteiger partial charge in [-0.2, -0.15) is 5.26 Å². The minimum atomic E-state index is 0.407. The number of rotatable bonds is 2. The van der Waals surface area contributed by atoms with E-state index in [1.165, 1.54) is 13.1 Å². The number of hydrogen-bond acceptors (Lipinski definition) is 3. The first-order chi connectivity index (χ1) is 7.56. The van der Waals surface area contributed by atoms with Crippen LogP contribution in [0.5, 0.6) is 0 Å². The molecule has 4 heteroatoms. The van der Waals surface area contributed by atoms with Crippen LogP contribution >= 0.6 is 0 Å². The highest BCUT2D eigenvalue weighted by atomic mass is 32.1. The lowest BCUT2D eigenvalue weighted by Gasteiger charge is -2.09. The zero-order valence-corrected chi connectivity index (χ0v) is 11.2. The molecule has 0 amide bonds. The molecule has 1 aromatic heterocycles. The molecule has 0 unspecified atom stereocenters. The van der Waals surface area contributed by atoms with Crippen LogP contribution in [0.1, 0.15) is 30.7 Å². The topological polar surface area (TPSA) is 53.3 Å². The van der Waals surface area contributed by atoms with Gasteiger partial charge in [-0.3, -0.25) is 4.98 Å². The molecule has 0 radical (unpaired) electrons. The maximum absolute atomic E-state index is 8.63. The second-order valence-electron chi connectivity index (χ2n) is 3.48. The molecule has 0 fully saturated rings. The van der Waals surface area contributed by atoms with Crippen molar-refractivity contribution in [2.75, 3.05) is 13.1 Å². The molecule has 0 aliphatic heterocycles. The van der Waals surface area contributed by atoms with Crippen molar-refractivity contribution in [2.45, 2.75) is 32.7 Å². The van der Waals surface area contributed by atoms with Gasteiger partial charge < -0.3 is 17.9 Å². The Kier molecular flexibility index (Phi) is 7.44. The highest BCUT2D eigenvalue weighted by molar-refractivity contribution is 7.58. The Hall–Kier alpha value is -1.18. The average Bonchev–Trinajstić information content (AvgIpc) is 2.19.